The van der Waals surface area contributed by atoms with Gasteiger partial charge in [-0.2, -0.15) is 0 Å². The largest absolute Gasteiger partial charge is 0.396 e. The van der Waals surface area contributed by atoms with Crippen LogP contribution in [0.1, 0.15) is 25.7 Å². The molecule has 0 radical (unpaired) electrons. The molecule has 0 aliphatic carbocycles. The molecule has 0 spiro atoms. The van der Waals surface area contributed by atoms with E-state index < -0.39 is 11.2 Å². The van der Waals surface area contributed by atoms with Gasteiger partial charge in [-0.05, 0) is 12.8 Å². The summed E-state index contributed by atoms with van der Waals surface area (Å²) in [6, 6.07) is 0. The maximum Gasteiger partial charge on any atom is 0.328 e. The number of hydrogen-bond donors (Lipinski definition) is 3. The van der Waals surface area contributed by atoms with Gasteiger partial charge in [0.1, 0.15) is 5.69 Å². The fraction of sp³-hybridized carbons (Fsp3) is 0.600. The van der Waals surface area contributed by atoms with Gasteiger partial charge in [0.05, 0.1) is 0 Å². The zero-order valence-corrected chi connectivity index (χ0v) is 9.11. The summed E-state index contributed by atoms with van der Waals surface area (Å²) in [7, 11) is 0. The molecule has 6 heteroatoms. The van der Waals surface area contributed by atoms with Crippen molar-refractivity contribution in [3.8, 4) is 0 Å². The predicted octanol–water partition coefficient (Wildman–Crippen LogP) is -0.329. The summed E-state index contributed by atoms with van der Waals surface area (Å²) in [6.45, 7) is 0.733. The van der Waals surface area contributed by atoms with Crippen molar-refractivity contribution in [2.75, 3.05) is 12.3 Å². The molecule has 1 heterocycles. The molecule has 0 saturated carbocycles. The van der Waals surface area contributed by atoms with E-state index in [-0.39, 0.29) is 12.3 Å². The van der Waals surface area contributed by atoms with Crippen molar-refractivity contribution < 1.29 is 5.11 Å². The number of nitrogens with zero attached hydrogens (tertiary/aromatic N) is 1. The number of rotatable bonds is 6. The van der Waals surface area contributed by atoms with Crippen LogP contribution in [0.4, 0.5) is 5.69 Å². The van der Waals surface area contributed by atoms with Crippen LogP contribution in [-0.4, -0.2) is 21.3 Å². The van der Waals surface area contributed by atoms with E-state index in [4.69, 9.17) is 10.8 Å². The Balaban J connectivity index is 2.51. The van der Waals surface area contributed by atoms with Gasteiger partial charge in [0.25, 0.3) is 5.56 Å². The number of nitrogen functional groups attached to an aromatic ring is 1. The predicted molar refractivity (Wildman–Crippen MR) is 61.3 cm³/mol. The average molecular weight is 227 g/mol. The van der Waals surface area contributed by atoms with Crippen LogP contribution in [-0.2, 0) is 6.54 Å². The Hall–Kier alpha value is -1.56. The zero-order valence-electron chi connectivity index (χ0n) is 9.11. The zero-order chi connectivity index (χ0) is 12.0. The molecular weight excluding hydrogens is 210 g/mol. The van der Waals surface area contributed by atoms with E-state index in [1.54, 1.807) is 0 Å². The first-order valence-corrected chi connectivity index (χ1v) is 5.35. The van der Waals surface area contributed by atoms with Crippen LogP contribution in [0.15, 0.2) is 15.8 Å². The molecule has 6 nitrogen and oxygen atoms in total. The number of aliphatic hydroxyl groups is 1. The fourth-order valence-electron chi connectivity index (χ4n) is 1.44. The van der Waals surface area contributed by atoms with Gasteiger partial charge in [-0.3, -0.25) is 14.3 Å². The normalized spacial score (nSPS) is 10.6. The van der Waals surface area contributed by atoms with E-state index in [2.05, 4.69) is 4.98 Å². The van der Waals surface area contributed by atoms with Crippen LogP contribution >= 0.6 is 0 Å². The van der Waals surface area contributed by atoms with Gasteiger partial charge >= 0.3 is 5.69 Å². The molecule has 0 unspecified atom stereocenters. The average Bonchev–Trinajstić information content (AvgIpc) is 2.25. The van der Waals surface area contributed by atoms with Crippen LogP contribution in [0.25, 0.3) is 0 Å². The van der Waals surface area contributed by atoms with Crippen LogP contribution in [0, 0.1) is 0 Å². The van der Waals surface area contributed by atoms with E-state index in [1.807, 2.05) is 0 Å². The minimum atomic E-state index is -0.540. The lowest BCUT2D eigenvalue weighted by molar-refractivity contribution is 0.282. The second-order valence-electron chi connectivity index (χ2n) is 3.67. The van der Waals surface area contributed by atoms with Crippen molar-refractivity contribution in [2.45, 2.75) is 32.2 Å². The highest BCUT2D eigenvalue weighted by atomic mass is 16.3. The van der Waals surface area contributed by atoms with Gasteiger partial charge in [0.15, 0.2) is 0 Å². The Bertz CT molecular complexity index is 436. The summed E-state index contributed by atoms with van der Waals surface area (Å²) in [5, 5.41) is 8.58. The molecule has 0 atom stereocenters. The lowest BCUT2D eigenvalue weighted by Crippen LogP contribution is -2.31. The van der Waals surface area contributed by atoms with Crippen molar-refractivity contribution in [1.82, 2.24) is 9.55 Å². The number of hydrogen-bond acceptors (Lipinski definition) is 4. The monoisotopic (exact) mass is 227 g/mol. The fourth-order valence-corrected chi connectivity index (χ4v) is 1.44. The molecule has 0 amide bonds. The van der Waals surface area contributed by atoms with Crippen LogP contribution in [0.5, 0.6) is 0 Å². The number of nitrogens with one attached hydrogen (secondary N) is 1. The molecular formula is C10H17N3O3. The first-order chi connectivity index (χ1) is 7.65. The van der Waals surface area contributed by atoms with Crippen molar-refractivity contribution in [2.24, 2.45) is 0 Å². The summed E-state index contributed by atoms with van der Waals surface area (Å²) in [4.78, 5) is 24.5. The van der Waals surface area contributed by atoms with E-state index in [0.717, 1.165) is 25.7 Å². The van der Waals surface area contributed by atoms with Gasteiger partial charge < -0.3 is 10.8 Å². The molecule has 1 aromatic heterocycles. The number of aryl methyl sites for hydroxylation is 1. The number of aromatic nitrogens is 2. The van der Waals surface area contributed by atoms with Crippen molar-refractivity contribution >= 4 is 5.69 Å². The second kappa shape index (κ2) is 6.12. The Morgan fingerprint density at radius 1 is 1.25 bits per heavy atom. The van der Waals surface area contributed by atoms with Gasteiger partial charge in [-0.25, -0.2) is 4.79 Å². The van der Waals surface area contributed by atoms with Gasteiger partial charge in [-0.15, -0.1) is 0 Å². The third kappa shape index (κ3) is 3.54. The molecule has 0 aromatic carbocycles. The molecule has 0 fully saturated rings. The molecule has 0 bridgehead atoms. The van der Waals surface area contributed by atoms with Crippen molar-refractivity contribution in [3.05, 3.63) is 27.0 Å². The minimum absolute atomic E-state index is 0.0509. The Kier molecular flexibility index (Phi) is 4.78. The Labute approximate surface area is 92.7 Å². The topological polar surface area (TPSA) is 101 Å². The maximum absolute atomic E-state index is 11.3. The van der Waals surface area contributed by atoms with E-state index >= 15 is 0 Å². The number of anilines is 1. The highest BCUT2D eigenvalue weighted by Gasteiger charge is 2.00. The number of H-pyrrole nitrogens is 1. The molecule has 1 aromatic rings. The Morgan fingerprint density at radius 3 is 2.62 bits per heavy atom. The minimum Gasteiger partial charge on any atom is -0.396 e. The summed E-state index contributed by atoms with van der Waals surface area (Å²) >= 11 is 0. The van der Waals surface area contributed by atoms with Crippen LogP contribution < -0.4 is 17.0 Å². The molecule has 90 valence electrons. The van der Waals surface area contributed by atoms with Gasteiger partial charge in [0, 0.05) is 19.3 Å². The summed E-state index contributed by atoms with van der Waals surface area (Å²) in [5.41, 5.74) is 4.49. The van der Waals surface area contributed by atoms with Crippen molar-refractivity contribution in [1.29, 1.82) is 0 Å². The molecule has 4 N–H and O–H groups in total. The Morgan fingerprint density at radius 2 is 1.94 bits per heavy atom. The highest BCUT2D eigenvalue weighted by molar-refractivity contribution is 5.30. The van der Waals surface area contributed by atoms with E-state index in [1.165, 1.54) is 10.8 Å². The van der Waals surface area contributed by atoms with E-state index in [9.17, 15) is 9.59 Å². The summed E-state index contributed by atoms with van der Waals surface area (Å²) in [5.74, 6) is 0. The van der Waals surface area contributed by atoms with Crippen LogP contribution in [0.2, 0.25) is 0 Å². The van der Waals surface area contributed by atoms with Crippen LogP contribution in [0.3, 0.4) is 0 Å². The first kappa shape index (κ1) is 12.5. The smallest absolute Gasteiger partial charge is 0.328 e. The number of nitrogens with two attached hydrogens (primary N) is 1. The number of aliphatic hydroxyl groups excluding tert-OH is 1. The number of unbranched alkanes of at least 4 members (excludes halogenated alkanes) is 3. The summed E-state index contributed by atoms with van der Waals surface area (Å²) in [6.07, 6.45) is 4.84. The lowest BCUT2D eigenvalue weighted by atomic mass is 10.2. The maximum atomic E-state index is 11.3. The SMILES string of the molecule is Nc1cn(CCCCCCO)c(=O)[nH]c1=O. The number of aromatic amines is 1. The second-order valence-corrected chi connectivity index (χ2v) is 3.67. The molecule has 1 rings (SSSR count). The molecule has 0 aliphatic heterocycles. The third-order valence-corrected chi connectivity index (χ3v) is 2.35. The highest BCUT2D eigenvalue weighted by Crippen LogP contribution is 2.00. The molecule has 0 saturated heterocycles. The molecule has 0 aliphatic rings. The first-order valence-electron chi connectivity index (χ1n) is 5.35. The molecule has 16 heavy (non-hydrogen) atoms. The lowest BCUT2D eigenvalue weighted by Gasteiger charge is -2.05. The van der Waals surface area contributed by atoms with Crippen molar-refractivity contribution in [3.63, 3.8) is 0 Å². The van der Waals surface area contributed by atoms with E-state index in [0.29, 0.717) is 6.54 Å². The van der Waals surface area contributed by atoms with Gasteiger partial charge in [-0.1, -0.05) is 12.8 Å². The standard InChI is InChI=1S/C10H17N3O3/c11-8-7-13(10(16)12-9(8)15)5-3-1-2-4-6-14/h7,14H,1-6,11H2,(H,12,15,16). The summed E-state index contributed by atoms with van der Waals surface area (Å²) < 4.78 is 1.40. The van der Waals surface area contributed by atoms with Gasteiger partial charge in [0.2, 0.25) is 0 Å². The third-order valence-electron chi connectivity index (χ3n) is 2.35. The quantitative estimate of drug-likeness (QED) is 0.579.